The van der Waals surface area contributed by atoms with E-state index in [0.717, 1.165) is 25.0 Å². The Morgan fingerprint density at radius 2 is 1.92 bits per heavy atom. The van der Waals surface area contributed by atoms with Gasteiger partial charge in [0, 0.05) is 30.2 Å². The van der Waals surface area contributed by atoms with Crippen LogP contribution in [0.15, 0.2) is 35.4 Å². The van der Waals surface area contributed by atoms with Crippen molar-refractivity contribution in [2.24, 2.45) is 0 Å². The highest BCUT2D eigenvalue weighted by atomic mass is 19.4. The molecule has 0 saturated heterocycles. The first kappa shape index (κ1) is 18.4. The number of nitrogens with one attached hydrogen (secondary N) is 2. The Morgan fingerprint density at radius 3 is 2.52 bits per heavy atom. The predicted molar refractivity (Wildman–Crippen MR) is 82.2 cm³/mol. The van der Waals surface area contributed by atoms with E-state index in [4.69, 9.17) is 9.90 Å². The van der Waals surface area contributed by atoms with Gasteiger partial charge in [-0.1, -0.05) is 6.07 Å². The van der Waals surface area contributed by atoms with Crippen LogP contribution >= 0.6 is 0 Å². The Kier molecular flexibility index (Phi) is 5.73. The third-order valence-corrected chi connectivity index (χ3v) is 3.45. The first-order chi connectivity index (χ1) is 11.8. The Hall–Kier alpha value is -2.91. The molecule has 0 spiro atoms. The molecule has 1 aliphatic carbocycles. The van der Waals surface area contributed by atoms with Crippen molar-refractivity contribution in [1.82, 2.24) is 15.0 Å². The molecule has 10 heteroatoms. The summed E-state index contributed by atoms with van der Waals surface area (Å²) in [5.74, 6) is -2.09. The summed E-state index contributed by atoms with van der Waals surface area (Å²) in [6, 6.07) is 5.62. The van der Waals surface area contributed by atoms with Crippen molar-refractivity contribution in [3.05, 3.63) is 52.2 Å². The van der Waals surface area contributed by atoms with Gasteiger partial charge in [0.25, 0.3) is 0 Å². The number of H-pyrrole nitrogens is 1. The minimum Gasteiger partial charge on any atom is -0.475 e. The molecule has 2 aromatic rings. The highest BCUT2D eigenvalue weighted by Gasteiger charge is 2.38. The molecule has 7 nitrogen and oxygen atoms in total. The molecule has 1 atom stereocenters. The van der Waals surface area contributed by atoms with Crippen LogP contribution in [0.25, 0.3) is 0 Å². The van der Waals surface area contributed by atoms with E-state index < -0.39 is 12.1 Å². The van der Waals surface area contributed by atoms with Gasteiger partial charge >= 0.3 is 12.1 Å². The lowest BCUT2D eigenvalue weighted by Gasteiger charge is -2.24. The number of aromatic amines is 1. The SMILES string of the molecule is O=C(O)C(F)(F)F.O=c1ccc2c([nH]1)CCC(Nc1ncccn1)C2. The van der Waals surface area contributed by atoms with E-state index in [0.29, 0.717) is 12.0 Å². The number of anilines is 1. The molecule has 0 aromatic carbocycles. The van der Waals surface area contributed by atoms with Crippen LogP contribution in [0, 0.1) is 0 Å². The van der Waals surface area contributed by atoms with Gasteiger partial charge in [-0.3, -0.25) is 4.79 Å². The Labute approximate surface area is 140 Å². The number of rotatable bonds is 2. The van der Waals surface area contributed by atoms with Crippen LogP contribution in [0.5, 0.6) is 0 Å². The number of nitrogens with zero attached hydrogens (tertiary/aromatic N) is 2. The van der Waals surface area contributed by atoms with Gasteiger partial charge in [0.15, 0.2) is 0 Å². The molecule has 0 aliphatic heterocycles. The summed E-state index contributed by atoms with van der Waals surface area (Å²) in [5, 5.41) is 10.4. The maximum Gasteiger partial charge on any atom is 0.490 e. The molecule has 0 bridgehead atoms. The molecule has 1 unspecified atom stereocenters. The maximum absolute atomic E-state index is 11.2. The molecule has 25 heavy (non-hydrogen) atoms. The van der Waals surface area contributed by atoms with Gasteiger partial charge in [-0.15, -0.1) is 0 Å². The van der Waals surface area contributed by atoms with Crippen molar-refractivity contribution in [3.8, 4) is 0 Å². The van der Waals surface area contributed by atoms with Crippen LogP contribution in [0.1, 0.15) is 17.7 Å². The smallest absolute Gasteiger partial charge is 0.475 e. The van der Waals surface area contributed by atoms with Gasteiger partial charge in [-0.25, -0.2) is 14.8 Å². The minimum absolute atomic E-state index is 0.0217. The average molecular weight is 356 g/mol. The van der Waals surface area contributed by atoms with Crippen molar-refractivity contribution in [3.63, 3.8) is 0 Å². The molecule has 1 aliphatic rings. The number of alkyl halides is 3. The van der Waals surface area contributed by atoms with Crippen LogP contribution in [-0.4, -0.2) is 38.2 Å². The number of aromatic nitrogens is 3. The van der Waals surface area contributed by atoms with E-state index in [-0.39, 0.29) is 5.56 Å². The van der Waals surface area contributed by atoms with Crippen LogP contribution in [0.4, 0.5) is 19.1 Å². The number of halogens is 3. The Balaban J connectivity index is 0.000000277. The van der Waals surface area contributed by atoms with E-state index in [9.17, 15) is 18.0 Å². The molecule has 3 N–H and O–H groups in total. The molecule has 2 heterocycles. The molecule has 0 radical (unpaired) electrons. The van der Waals surface area contributed by atoms with Crippen molar-refractivity contribution in [2.75, 3.05) is 5.32 Å². The Morgan fingerprint density at radius 1 is 1.28 bits per heavy atom. The normalized spacial score (nSPS) is 16.2. The first-order valence-corrected chi connectivity index (χ1v) is 7.30. The lowest BCUT2D eigenvalue weighted by Crippen LogP contribution is -2.29. The fraction of sp³-hybridized carbons (Fsp3) is 0.333. The van der Waals surface area contributed by atoms with Crippen molar-refractivity contribution in [2.45, 2.75) is 31.5 Å². The van der Waals surface area contributed by atoms with Crippen LogP contribution in [0.2, 0.25) is 0 Å². The standard InChI is InChI=1S/C13H14N4O.C2HF3O2/c18-12-5-2-9-8-10(3-4-11(9)17-12)16-13-14-6-1-7-15-13;3-2(4,5)1(6)7/h1-2,5-7,10H,3-4,8H2,(H,17,18)(H,14,15,16);(H,6,7). The molecule has 2 aromatic heterocycles. The van der Waals surface area contributed by atoms with Gasteiger partial charge in [0.05, 0.1) is 0 Å². The number of hydrogen-bond donors (Lipinski definition) is 3. The second-order valence-electron chi connectivity index (χ2n) is 5.29. The number of carbonyl (C=O) groups is 1. The molecule has 134 valence electrons. The molecule has 0 fully saturated rings. The number of hydrogen-bond acceptors (Lipinski definition) is 5. The summed E-state index contributed by atoms with van der Waals surface area (Å²) < 4.78 is 31.7. The highest BCUT2D eigenvalue weighted by molar-refractivity contribution is 5.73. The molecule has 3 rings (SSSR count). The zero-order valence-corrected chi connectivity index (χ0v) is 12.9. The van der Waals surface area contributed by atoms with Crippen LogP contribution in [0.3, 0.4) is 0 Å². The number of aryl methyl sites for hydroxylation is 1. The second kappa shape index (κ2) is 7.77. The van der Waals surface area contributed by atoms with E-state index >= 15 is 0 Å². The molecular weight excluding hydrogens is 341 g/mol. The summed E-state index contributed by atoms with van der Waals surface area (Å²) in [7, 11) is 0. The first-order valence-electron chi connectivity index (χ1n) is 7.30. The fourth-order valence-corrected chi connectivity index (χ4v) is 2.33. The molecular formula is C15H15F3N4O3. The maximum atomic E-state index is 11.2. The monoisotopic (exact) mass is 356 g/mol. The zero-order valence-electron chi connectivity index (χ0n) is 12.9. The number of carboxylic acids is 1. The summed E-state index contributed by atoms with van der Waals surface area (Å²) in [4.78, 5) is 31.3. The third kappa shape index (κ3) is 5.59. The minimum atomic E-state index is -5.08. The van der Waals surface area contributed by atoms with Crippen molar-refractivity contribution < 1.29 is 23.1 Å². The van der Waals surface area contributed by atoms with Crippen molar-refractivity contribution >= 4 is 11.9 Å². The average Bonchev–Trinajstić information content (AvgIpc) is 2.56. The summed E-state index contributed by atoms with van der Waals surface area (Å²) in [6.07, 6.45) is 1.12. The summed E-state index contributed by atoms with van der Waals surface area (Å²) in [6.45, 7) is 0. The number of carboxylic acid groups (broad SMARTS) is 1. The quantitative estimate of drug-likeness (QED) is 0.757. The second-order valence-corrected chi connectivity index (χ2v) is 5.29. The summed E-state index contributed by atoms with van der Waals surface area (Å²) in [5.41, 5.74) is 2.25. The summed E-state index contributed by atoms with van der Waals surface area (Å²) >= 11 is 0. The predicted octanol–water partition coefficient (Wildman–Crippen LogP) is 1.77. The topological polar surface area (TPSA) is 108 Å². The van der Waals surface area contributed by atoms with Gasteiger partial charge in [-0.05, 0) is 30.9 Å². The van der Waals surface area contributed by atoms with Crippen LogP contribution in [-0.2, 0) is 17.6 Å². The lowest BCUT2D eigenvalue weighted by atomic mass is 9.92. The molecule has 0 amide bonds. The largest absolute Gasteiger partial charge is 0.490 e. The number of pyridine rings is 1. The van der Waals surface area contributed by atoms with E-state index in [1.165, 1.54) is 5.56 Å². The molecule has 0 saturated carbocycles. The zero-order chi connectivity index (χ0) is 18.4. The van der Waals surface area contributed by atoms with Gasteiger partial charge in [0.2, 0.25) is 11.5 Å². The van der Waals surface area contributed by atoms with E-state index in [1.807, 2.05) is 6.07 Å². The lowest BCUT2D eigenvalue weighted by molar-refractivity contribution is -0.192. The highest BCUT2D eigenvalue weighted by Crippen LogP contribution is 2.20. The number of aliphatic carboxylic acids is 1. The van der Waals surface area contributed by atoms with E-state index in [1.54, 1.807) is 24.5 Å². The van der Waals surface area contributed by atoms with Crippen LogP contribution < -0.4 is 10.9 Å². The van der Waals surface area contributed by atoms with Gasteiger partial charge < -0.3 is 15.4 Å². The third-order valence-electron chi connectivity index (χ3n) is 3.45. The Bertz CT molecular complexity index is 778. The number of fused-ring (bicyclic) bond motifs is 1. The fourth-order valence-electron chi connectivity index (χ4n) is 2.33. The van der Waals surface area contributed by atoms with Gasteiger partial charge in [-0.2, -0.15) is 13.2 Å². The van der Waals surface area contributed by atoms with E-state index in [2.05, 4.69) is 20.3 Å². The van der Waals surface area contributed by atoms with Gasteiger partial charge in [0.1, 0.15) is 0 Å². The van der Waals surface area contributed by atoms with Crippen molar-refractivity contribution in [1.29, 1.82) is 0 Å².